The van der Waals surface area contributed by atoms with Crippen molar-refractivity contribution in [2.45, 2.75) is 18.9 Å². The topological polar surface area (TPSA) is 88.5 Å². The second-order valence-corrected chi connectivity index (χ2v) is 7.08. The van der Waals surface area contributed by atoms with Gasteiger partial charge in [0.1, 0.15) is 17.8 Å². The van der Waals surface area contributed by atoms with Crippen LogP contribution in [0.25, 0.3) is 11.0 Å². The molecule has 130 valence electrons. The molecule has 0 saturated carbocycles. The van der Waals surface area contributed by atoms with E-state index in [1.165, 1.54) is 0 Å². The lowest BCUT2D eigenvalue weighted by Gasteiger charge is -2.32. The maximum Gasteiger partial charge on any atom is 0.142 e. The molecule has 2 aromatic rings. The highest BCUT2D eigenvalue weighted by molar-refractivity contribution is 5.87. The van der Waals surface area contributed by atoms with Crippen molar-refractivity contribution in [1.29, 1.82) is 0 Å². The smallest absolute Gasteiger partial charge is 0.142 e. The molecule has 0 spiro atoms. The van der Waals surface area contributed by atoms with Crippen LogP contribution in [0.1, 0.15) is 12.8 Å². The minimum absolute atomic E-state index is 0.141. The van der Waals surface area contributed by atoms with Gasteiger partial charge in [0, 0.05) is 51.4 Å². The first-order valence-electron chi connectivity index (χ1n) is 8.79. The van der Waals surface area contributed by atoms with Crippen LogP contribution in [-0.2, 0) is 0 Å². The second-order valence-electron chi connectivity index (χ2n) is 7.08. The summed E-state index contributed by atoms with van der Waals surface area (Å²) < 4.78 is 0. The van der Waals surface area contributed by atoms with E-state index in [1.54, 1.807) is 6.33 Å². The standard InChI is InChI=1S/C17H25N5O2/c23-10-13-9-22(17-15-1-4-18-16(15)19-11-20-17)8-12(13)7-21-5-2-14(24)3-6-21/h1,4,11-14,23-24H,2-3,5-10H2,(H,18,19,20)/t12-,13-/m1/s1. The van der Waals surface area contributed by atoms with Gasteiger partial charge in [-0.25, -0.2) is 9.97 Å². The van der Waals surface area contributed by atoms with Crippen LogP contribution in [0.4, 0.5) is 5.82 Å². The number of aromatic nitrogens is 3. The van der Waals surface area contributed by atoms with Crippen LogP contribution >= 0.6 is 0 Å². The zero-order valence-corrected chi connectivity index (χ0v) is 13.8. The van der Waals surface area contributed by atoms with Gasteiger partial charge < -0.3 is 25.0 Å². The van der Waals surface area contributed by atoms with Crippen molar-refractivity contribution in [3.05, 3.63) is 18.6 Å². The largest absolute Gasteiger partial charge is 0.396 e. The van der Waals surface area contributed by atoms with E-state index in [4.69, 9.17) is 0 Å². The molecule has 2 aliphatic rings. The molecule has 4 rings (SSSR count). The van der Waals surface area contributed by atoms with Gasteiger partial charge in [-0.1, -0.05) is 0 Å². The number of H-pyrrole nitrogens is 1. The maximum absolute atomic E-state index is 9.82. The normalized spacial score (nSPS) is 26.5. The summed E-state index contributed by atoms with van der Waals surface area (Å²) in [5.41, 5.74) is 0.856. The highest BCUT2D eigenvalue weighted by Crippen LogP contribution is 2.31. The minimum Gasteiger partial charge on any atom is -0.396 e. The van der Waals surface area contributed by atoms with Crippen LogP contribution in [0, 0.1) is 11.8 Å². The lowest BCUT2D eigenvalue weighted by molar-refractivity contribution is 0.0687. The minimum atomic E-state index is -0.141. The third kappa shape index (κ3) is 2.99. The number of piperidine rings is 1. The third-order valence-electron chi connectivity index (χ3n) is 5.49. The molecule has 2 atom stereocenters. The number of anilines is 1. The summed E-state index contributed by atoms with van der Waals surface area (Å²) in [6.07, 6.45) is 5.06. The van der Waals surface area contributed by atoms with Gasteiger partial charge >= 0.3 is 0 Å². The summed E-state index contributed by atoms with van der Waals surface area (Å²) in [5, 5.41) is 20.5. The third-order valence-corrected chi connectivity index (χ3v) is 5.49. The molecule has 7 nitrogen and oxygen atoms in total. The Morgan fingerprint density at radius 1 is 1.17 bits per heavy atom. The van der Waals surface area contributed by atoms with Crippen molar-refractivity contribution >= 4 is 16.9 Å². The van der Waals surface area contributed by atoms with Crippen LogP contribution in [0.2, 0.25) is 0 Å². The number of nitrogens with one attached hydrogen (secondary N) is 1. The van der Waals surface area contributed by atoms with Crippen LogP contribution in [0.15, 0.2) is 18.6 Å². The molecule has 3 N–H and O–H groups in total. The fourth-order valence-corrected chi connectivity index (χ4v) is 4.07. The highest BCUT2D eigenvalue weighted by Gasteiger charge is 2.35. The van der Waals surface area contributed by atoms with E-state index in [0.29, 0.717) is 5.92 Å². The fraction of sp³-hybridized carbons (Fsp3) is 0.647. The van der Waals surface area contributed by atoms with E-state index in [2.05, 4.69) is 24.8 Å². The fourth-order valence-electron chi connectivity index (χ4n) is 4.07. The summed E-state index contributed by atoms with van der Waals surface area (Å²) in [6.45, 7) is 4.82. The van der Waals surface area contributed by atoms with E-state index in [9.17, 15) is 10.2 Å². The van der Waals surface area contributed by atoms with Gasteiger partial charge in [-0.3, -0.25) is 0 Å². The molecule has 4 heterocycles. The molecule has 2 aliphatic heterocycles. The Morgan fingerprint density at radius 2 is 1.96 bits per heavy atom. The van der Waals surface area contributed by atoms with Gasteiger partial charge in [-0.15, -0.1) is 0 Å². The second kappa shape index (κ2) is 6.66. The average molecular weight is 331 g/mol. The Balaban J connectivity index is 1.48. The number of aliphatic hydroxyl groups excluding tert-OH is 2. The Morgan fingerprint density at radius 3 is 2.75 bits per heavy atom. The van der Waals surface area contributed by atoms with Gasteiger partial charge in [-0.05, 0) is 24.8 Å². The number of hydrogen-bond donors (Lipinski definition) is 3. The molecule has 2 fully saturated rings. The Labute approximate surface area is 141 Å². The summed E-state index contributed by atoms with van der Waals surface area (Å²) >= 11 is 0. The molecule has 0 unspecified atom stereocenters. The van der Waals surface area contributed by atoms with Gasteiger partial charge in [-0.2, -0.15) is 0 Å². The summed E-state index contributed by atoms with van der Waals surface area (Å²) in [4.78, 5) is 16.6. The van der Waals surface area contributed by atoms with Gasteiger partial charge in [0.15, 0.2) is 0 Å². The predicted molar refractivity (Wildman–Crippen MR) is 91.8 cm³/mol. The van der Waals surface area contributed by atoms with Crippen molar-refractivity contribution in [3.63, 3.8) is 0 Å². The molecule has 0 amide bonds. The molecule has 0 radical (unpaired) electrons. The monoisotopic (exact) mass is 331 g/mol. The Kier molecular flexibility index (Phi) is 4.39. The predicted octanol–water partition coefficient (Wildman–Crippen LogP) is 0.459. The lowest BCUT2D eigenvalue weighted by Crippen LogP contribution is -2.40. The first-order chi connectivity index (χ1) is 11.7. The molecule has 0 aliphatic carbocycles. The number of fused-ring (bicyclic) bond motifs is 1. The molecule has 7 heteroatoms. The molecular formula is C17H25N5O2. The Bertz CT molecular complexity index is 682. The van der Waals surface area contributed by atoms with Crippen LogP contribution in [0.5, 0.6) is 0 Å². The SMILES string of the molecule is OC[C@H]1CN(c2ncnc3[nH]ccc23)C[C@H]1CN1CCC(O)CC1. The zero-order chi connectivity index (χ0) is 16.5. The van der Waals surface area contributed by atoms with Gasteiger partial charge in [0.2, 0.25) is 0 Å². The average Bonchev–Trinajstić information content (AvgIpc) is 3.23. The summed E-state index contributed by atoms with van der Waals surface area (Å²) in [7, 11) is 0. The van der Waals surface area contributed by atoms with E-state index >= 15 is 0 Å². The van der Waals surface area contributed by atoms with Crippen LogP contribution < -0.4 is 4.90 Å². The zero-order valence-electron chi connectivity index (χ0n) is 13.8. The van der Waals surface area contributed by atoms with Gasteiger partial charge in [0.05, 0.1) is 11.5 Å². The van der Waals surface area contributed by atoms with Crippen molar-refractivity contribution in [2.24, 2.45) is 11.8 Å². The van der Waals surface area contributed by atoms with Crippen molar-refractivity contribution in [3.8, 4) is 0 Å². The quantitative estimate of drug-likeness (QED) is 0.754. The van der Waals surface area contributed by atoms with E-state index in [1.807, 2.05) is 12.3 Å². The Hall–Kier alpha value is -1.70. The summed E-state index contributed by atoms with van der Waals surface area (Å²) in [5.74, 6) is 1.64. The van der Waals surface area contributed by atoms with Crippen molar-refractivity contribution in [2.75, 3.05) is 44.2 Å². The summed E-state index contributed by atoms with van der Waals surface area (Å²) in [6, 6.07) is 2.01. The number of nitrogens with zero attached hydrogens (tertiary/aromatic N) is 4. The number of aliphatic hydroxyl groups is 2. The van der Waals surface area contributed by atoms with Crippen molar-refractivity contribution in [1.82, 2.24) is 19.9 Å². The lowest BCUT2D eigenvalue weighted by atomic mass is 9.95. The molecule has 24 heavy (non-hydrogen) atoms. The highest BCUT2D eigenvalue weighted by atomic mass is 16.3. The van der Waals surface area contributed by atoms with Crippen molar-refractivity contribution < 1.29 is 10.2 Å². The molecule has 0 bridgehead atoms. The molecule has 0 aromatic carbocycles. The number of hydrogen-bond acceptors (Lipinski definition) is 6. The first-order valence-corrected chi connectivity index (χ1v) is 8.79. The maximum atomic E-state index is 9.82. The number of likely N-dealkylation sites (tertiary alicyclic amines) is 1. The van der Waals surface area contributed by atoms with E-state index < -0.39 is 0 Å². The molecular weight excluding hydrogens is 306 g/mol. The molecule has 2 aromatic heterocycles. The molecule has 2 saturated heterocycles. The van der Waals surface area contributed by atoms with E-state index in [-0.39, 0.29) is 18.6 Å². The van der Waals surface area contributed by atoms with Crippen LogP contribution in [0.3, 0.4) is 0 Å². The first kappa shape index (κ1) is 15.8. The van der Waals surface area contributed by atoms with E-state index in [0.717, 1.165) is 62.4 Å². The van der Waals surface area contributed by atoms with Gasteiger partial charge in [0.25, 0.3) is 0 Å². The van der Waals surface area contributed by atoms with Crippen LogP contribution in [-0.4, -0.2) is 75.5 Å². The number of aromatic amines is 1. The number of rotatable bonds is 4.